The Hall–Kier alpha value is -3.03. The van der Waals surface area contributed by atoms with E-state index in [0.717, 1.165) is 5.69 Å². The second-order valence-electron chi connectivity index (χ2n) is 4.06. The van der Waals surface area contributed by atoms with E-state index in [-0.39, 0.29) is 5.91 Å². The third kappa shape index (κ3) is 2.53. The highest BCUT2D eigenvalue weighted by atomic mass is 16.1. The highest BCUT2D eigenvalue weighted by molar-refractivity contribution is 5.94. The van der Waals surface area contributed by atoms with Gasteiger partial charge >= 0.3 is 0 Å². The lowest BCUT2D eigenvalue weighted by Gasteiger charge is -2.05. The third-order valence-electron chi connectivity index (χ3n) is 2.74. The molecule has 1 aromatic carbocycles. The van der Waals surface area contributed by atoms with Gasteiger partial charge in [-0.25, -0.2) is 0 Å². The van der Waals surface area contributed by atoms with Crippen LogP contribution in [0.1, 0.15) is 16.1 Å². The number of aromatic amines is 1. The minimum atomic E-state index is -0.164. The molecule has 2 N–H and O–H groups in total. The molecule has 0 aliphatic carbocycles. The van der Waals surface area contributed by atoms with Crippen molar-refractivity contribution >= 4 is 5.91 Å². The number of rotatable bonds is 4. The maximum Gasteiger partial charge on any atom is 0.251 e. The molecular formula is C12H11N7O. The van der Waals surface area contributed by atoms with E-state index in [2.05, 4.69) is 30.9 Å². The molecule has 8 heteroatoms. The Morgan fingerprint density at radius 2 is 1.95 bits per heavy atom. The van der Waals surface area contributed by atoms with E-state index in [0.29, 0.717) is 17.8 Å². The Balaban J connectivity index is 1.66. The predicted octanol–water partition coefficient (Wildman–Crippen LogP) is 0.315. The zero-order chi connectivity index (χ0) is 13.8. The molecule has 2 aromatic heterocycles. The van der Waals surface area contributed by atoms with Crippen molar-refractivity contribution in [2.24, 2.45) is 0 Å². The van der Waals surface area contributed by atoms with Crippen molar-refractivity contribution in [2.75, 3.05) is 0 Å². The lowest BCUT2D eigenvalue weighted by atomic mass is 10.2. The molecule has 3 rings (SSSR count). The fourth-order valence-corrected chi connectivity index (χ4v) is 1.70. The van der Waals surface area contributed by atoms with Gasteiger partial charge in [-0.05, 0) is 24.3 Å². The number of carbonyl (C=O) groups excluding carboxylic acids is 1. The first-order chi connectivity index (χ1) is 9.83. The summed E-state index contributed by atoms with van der Waals surface area (Å²) in [7, 11) is 0. The van der Waals surface area contributed by atoms with Crippen molar-refractivity contribution in [1.82, 2.24) is 35.5 Å². The summed E-state index contributed by atoms with van der Waals surface area (Å²) in [4.78, 5) is 11.9. The first kappa shape index (κ1) is 12.0. The van der Waals surface area contributed by atoms with Crippen LogP contribution in [0.4, 0.5) is 0 Å². The number of aromatic nitrogens is 6. The molecule has 0 bridgehead atoms. The maximum atomic E-state index is 11.9. The average Bonchev–Trinajstić information content (AvgIpc) is 3.18. The van der Waals surface area contributed by atoms with Gasteiger partial charge in [-0.1, -0.05) is 0 Å². The van der Waals surface area contributed by atoms with E-state index in [1.165, 1.54) is 0 Å². The van der Waals surface area contributed by atoms with E-state index in [1.54, 1.807) is 35.6 Å². The van der Waals surface area contributed by atoms with Crippen LogP contribution in [0.5, 0.6) is 0 Å². The van der Waals surface area contributed by atoms with Gasteiger partial charge in [-0.15, -0.1) is 10.2 Å². The molecule has 0 radical (unpaired) electrons. The summed E-state index contributed by atoms with van der Waals surface area (Å²) in [6, 6.07) is 7.14. The molecule has 100 valence electrons. The van der Waals surface area contributed by atoms with Gasteiger partial charge in [0.05, 0.1) is 12.7 Å². The first-order valence-electron chi connectivity index (χ1n) is 5.91. The van der Waals surface area contributed by atoms with Gasteiger partial charge in [0.2, 0.25) is 0 Å². The first-order valence-corrected chi connectivity index (χ1v) is 5.91. The fourth-order valence-electron chi connectivity index (χ4n) is 1.70. The summed E-state index contributed by atoms with van der Waals surface area (Å²) in [6.07, 6.45) is 4.76. The van der Waals surface area contributed by atoms with Gasteiger partial charge in [0.25, 0.3) is 5.91 Å². The van der Waals surface area contributed by atoms with Gasteiger partial charge in [0.1, 0.15) is 18.3 Å². The molecule has 20 heavy (non-hydrogen) atoms. The number of hydrogen-bond acceptors (Lipinski definition) is 5. The Bertz CT molecular complexity index is 673. The average molecular weight is 269 g/mol. The van der Waals surface area contributed by atoms with Crippen LogP contribution in [0.3, 0.4) is 0 Å². The molecular weight excluding hydrogens is 258 g/mol. The zero-order valence-corrected chi connectivity index (χ0v) is 10.4. The van der Waals surface area contributed by atoms with Crippen LogP contribution in [-0.2, 0) is 6.54 Å². The summed E-state index contributed by atoms with van der Waals surface area (Å²) >= 11 is 0. The second kappa shape index (κ2) is 5.31. The van der Waals surface area contributed by atoms with Crippen LogP contribution in [0.25, 0.3) is 5.69 Å². The molecule has 0 aliphatic rings. The summed E-state index contributed by atoms with van der Waals surface area (Å²) in [5.41, 5.74) is 2.15. The molecule has 3 aromatic rings. The summed E-state index contributed by atoms with van der Waals surface area (Å²) in [5, 5.41) is 20.2. The molecule has 0 saturated heterocycles. The predicted molar refractivity (Wildman–Crippen MR) is 68.9 cm³/mol. The Morgan fingerprint density at radius 3 is 2.60 bits per heavy atom. The molecule has 2 heterocycles. The molecule has 0 saturated carbocycles. The number of benzene rings is 1. The summed E-state index contributed by atoms with van der Waals surface area (Å²) in [6.45, 7) is 0.336. The van der Waals surface area contributed by atoms with E-state index < -0.39 is 0 Å². The SMILES string of the molecule is O=C(NCc1cn[nH]n1)c1ccc(-n2cnnc2)cc1. The van der Waals surface area contributed by atoms with Crippen molar-refractivity contribution < 1.29 is 4.79 Å². The number of nitrogens with zero attached hydrogens (tertiary/aromatic N) is 5. The lowest BCUT2D eigenvalue weighted by molar-refractivity contribution is 0.0950. The Morgan fingerprint density at radius 1 is 1.20 bits per heavy atom. The molecule has 0 unspecified atom stereocenters. The molecule has 8 nitrogen and oxygen atoms in total. The fraction of sp³-hybridized carbons (Fsp3) is 0.0833. The summed E-state index contributed by atoms with van der Waals surface area (Å²) in [5.74, 6) is -0.164. The Labute approximate surface area is 113 Å². The molecule has 1 amide bonds. The molecule has 0 atom stereocenters. The van der Waals surface area contributed by atoms with Gasteiger partial charge in [-0.2, -0.15) is 15.4 Å². The second-order valence-corrected chi connectivity index (χ2v) is 4.06. The number of nitrogens with one attached hydrogen (secondary N) is 2. The van der Waals surface area contributed by atoms with E-state index in [9.17, 15) is 4.79 Å². The van der Waals surface area contributed by atoms with Crippen molar-refractivity contribution in [1.29, 1.82) is 0 Å². The third-order valence-corrected chi connectivity index (χ3v) is 2.74. The highest BCUT2D eigenvalue weighted by Gasteiger charge is 2.06. The quantitative estimate of drug-likeness (QED) is 0.710. The minimum Gasteiger partial charge on any atom is -0.346 e. The van der Waals surface area contributed by atoms with Crippen LogP contribution >= 0.6 is 0 Å². The van der Waals surface area contributed by atoms with Crippen molar-refractivity contribution in [2.45, 2.75) is 6.54 Å². The van der Waals surface area contributed by atoms with Crippen LogP contribution in [0.15, 0.2) is 43.1 Å². The lowest BCUT2D eigenvalue weighted by Crippen LogP contribution is -2.22. The largest absolute Gasteiger partial charge is 0.346 e. The number of hydrogen-bond donors (Lipinski definition) is 2. The molecule has 0 spiro atoms. The van der Waals surface area contributed by atoms with Crippen molar-refractivity contribution in [3.05, 3.63) is 54.4 Å². The van der Waals surface area contributed by atoms with Gasteiger partial charge < -0.3 is 5.32 Å². The van der Waals surface area contributed by atoms with Crippen LogP contribution in [-0.4, -0.2) is 36.1 Å². The highest BCUT2D eigenvalue weighted by Crippen LogP contribution is 2.08. The van der Waals surface area contributed by atoms with Gasteiger partial charge in [-0.3, -0.25) is 9.36 Å². The molecule has 0 fully saturated rings. The normalized spacial score (nSPS) is 10.4. The number of amides is 1. The van der Waals surface area contributed by atoms with Crippen LogP contribution in [0.2, 0.25) is 0 Å². The van der Waals surface area contributed by atoms with E-state index in [1.807, 2.05) is 12.1 Å². The Kier molecular flexibility index (Phi) is 3.19. The van der Waals surface area contributed by atoms with Crippen molar-refractivity contribution in [3.63, 3.8) is 0 Å². The minimum absolute atomic E-state index is 0.164. The van der Waals surface area contributed by atoms with Crippen LogP contribution < -0.4 is 5.32 Å². The smallest absolute Gasteiger partial charge is 0.251 e. The van der Waals surface area contributed by atoms with Gasteiger partial charge in [0.15, 0.2) is 0 Å². The summed E-state index contributed by atoms with van der Waals surface area (Å²) < 4.78 is 1.76. The zero-order valence-electron chi connectivity index (χ0n) is 10.4. The van der Waals surface area contributed by atoms with E-state index in [4.69, 9.17) is 0 Å². The standard InChI is InChI=1S/C12H11N7O/c20-12(13-5-10-6-14-18-17-10)9-1-3-11(4-2-9)19-7-15-16-8-19/h1-4,6-8H,5H2,(H,13,20)(H,14,17,18). The van der Waals surface area contributed by atoms with E-state index >= 15 is 0 Å². The maximum absolute atomic E-state index is 11.9. The number of H-pyrrole nitrogens is 1. The van der Waals surface area contributed by atoms with Crippen molar-refractivity contribution in [3.8, 4) is 5.69 Å². The molecule has 0 aliphatic heterocycles. The van der Waals surface area contributed by atoms with Gasteiger partial charge in [0, 0.05) is 11.3 Å². The monoisotopic (exact) mass is 269 g/mol. The number of carbonyl (C=O) groups is 1. The van der Waals surface area contributed by atoms with Crippen LogP contribution in [0, 0.1) is 0 Å². The topological polar surface area (TPSA) is 101 Å².